The first kappa shape index (κ1) is 20.7. The van der Waals surface area contributed by atoms with Crippen molar-refractivity contribution in [2.75, 3.05) is 13.2 Å². The highest BCUT2D eigenvalue weighted by atomic mass is 28.3. The molecule has 0 radical (unpaired) electrons. The van der Waals surface area contributed by atoms with Crippen LogP contribution < -0.4 is 10.4 Å². The van der Waals surface area contributed by atoms with E-state index in [4.69, 9.17) is 18.6 Å². The average Bonchev–Trinajstić information content (AvgIpc) is 3.11. The Labute approximate surface area is 168 Å². The van der Waals surface area contributed by atoms with Crippen LogP contribution in [0.2, 0.25) is 0 Å². The summed E-state index contributed by atoms with van der Waals surface area (Å²) in [5.74, 6) is -1.99. The van der Waals surface area contributed by atoms with Crippen molar-refractivity contribution in [3.63, 3.8) is 0 Å². The SMILES string of the molecule is CC(=O)OC1(C(O[SiH](c2ccccc2)c2ccccc2)C(C)(C)C)OCCO1. The van der Waals surface area contributed by atoms with Gasteiger partial charge in [0.25, 0.3) is 0 Å². The molecule has 0 aromatic heterocycles. The molecule has 1 aliphatic rings. The summed E-state index contributed by atoms with van der Waals surface area (Å²) in [5.41, 5.74) is -0.394. The molecule has 1 aliphatic heterocycles. The van der Waals surface area contributed by atoms with Crippen LogP contribution in [0.3, 0.4) is 0 Å². The number of benzene rings is 2. The molecule has 2 aromatic carbocycles. The van der Waals surface area contributed by atoms with Crippen molar-refractivity contribution < 1.29 is 23.4 Å². The summed E-state index contributed by atoms with van der Waals surface area (Å²) in [4.78, 5) is 11.8. The van der Waals surface area contributed by atoms with E-state index < -0.39 is 32.5 Å². The molecule has 3 rings (SSSR count). The highest BCUT2D eigenvalue weighted by Crippen LogP contribution is 2.38. The van der Waals surface area contributed by atoms with Crippen molar-refractivity contribution in [1.82, 2.24) is 0 Å². The monoisotopic (exact) mass is 400 g/mol. The fraction of sp³-hybridized carbons (Fsp3) is 0.409. The van der Waals surface area contributed by atoms with Gasteiger partial charge in [0.15, 0.2) is 0 Å². The summed E-state index contributed by atoms with van der Waals surface area (Å²) < 4.78 is 24.1. The van der Waals surface area contributed by atoms with Gasteiger partial charge < -0.3 is 18.6 Å². The smallest absolute Gasteiger partial charge is 0.356 e. The standard InChI is InChI=1S/C22H28O5Si/c1-17(23)26-22(24-15-16-25-22)20(21(2,3)4)27-28(18-11-7-5-8-12-18)19-13-9-6-10-14-19/h5-14,20,28H,15-16H2,1-4H3. The molecular formula is C22H28O5Si. The zero-order chi connectivity index (χ0) is 20.2. The number of hydrogen-bond acceptors (Lipinski definition) is 5. The van der Waals surface area contributed by atoms with Crippen LogP contribution in [-0.4, -0.2) is 40.3 Å². The van der Waals surface area contributed by atoms with E-state index in [1.54, 1.807) is 0 Å². The largest absolute Gasteiger partial charge is 0.406 e. The molecule has 0 amide bonds. The van der Waals surface area contributed by atoms with E-state index in [1.165, 1.54) is 6.92 Å². The lowest BCUT2D eigenvalue weighted by Gasteiger charge is -2.42. The number of rotatable bonds is 6. The summed E-state index contributed by atoms with van der Waals surface area (Å²) in [6, 6.07) is 20.4. The van der Waals surface area contributed by atoms with Gasteiger partial charge in [-0.05, 0) is 15.8 Å². The van der Waals surface area contributed by atoms with Crippen molar-refractivity contribution in [1.29, 1.82) is 0 Å². The van der Waals surface area contributed by atoms with Gasteiger partial charge in [-0.15, -0.1) is 0 Å². The van der Waals surface area contributed by atoms with Crippen LogP contribution in [0.25, 0.3) is 0 Å². The van der Waals surface area contributed by atoms with Crippen molar-refractivity contribution in [2.24, 2.45) is 5.41 Å². The number of carbonyl (C=O) groups excluding carboxylic acids is 1. The van der Waals surface area contributed by atoms with Gasteiger partial charge in [-0.1, -0.05) is 81.4 Å². The molecule has 28 heavy (non-hydrogen) atoms. The second-order valence-corrected chi connectivity index (χ2v) is 10.3. The summed E-state index contributed by atoms with van der Waals surface area (Å²) in [7, 11) is -2.10. The van der Waals surface area contributed by atoms with E-state index in [1.807, 2.05) is 57.2 Å². The molecule has 0 aliphatic carbocycles. The van der Waals surface area contributed by atoms with E-state index >= 15 is 0 Å². The van der Waals surface area contributed by atoms with Crippen LogP contribution in [0.1, 0.15) is 27.7 Å². The topological polar surface area (TPSA) is 54.0 Å². The minimum atomic E-state index is -2.10. The second-order valence-electron chi connectivity index (χ2n) is 7.98. The van der Waals surface area contributed by atoms with Crippen LogP contribution in [0, 0.1) is 5.41 Å². The molecule has 150 valence electrons. The summed E-state index contributed by atoms with van der Waals surface area (Å²) in [6.45, 7) is 8.17. The van der Waals surface area contributed by atoms with E-state index in [9.17, 15) is 4.79 Å². The lowest BCUT2D eigenvalue weighted by Crippen LogP contribution is -2.60. The van der Waals surface area contributed by atoms with E-state index in [0.29, 0.717) is 13.2 Å². The molecule has 1 saturated heterocycles. The average molecular weight is 401 g/mol. The number of ether oxygens (including phenoxy) is 3. The van der Waals surface area contributed by atoms with Gasteiger partial charge in [0.1, 0.15) is 6.10 Å². The van der Waals surface area contributed by atoms with Gasteiger partial charge in [-0.25, -0.2) is 0 Å². The Balaban J connectivity index is 2.03. The number of esters is 1. The van der Waals surface area contributed by atoms with Gasteiger partial charge >= 0.3 is 11.9 Å². The molecule has 0 spiro atoms. The molecule has 0 N–H and O–H groups in total. The predicted molar refractivity (Wildman–Crippen MR) is 110 cm³/mol. The Morgan fingerprint density at radius 2 is 1.43 bits per heavy atom. The van der Waals surface area contributed by atoms with E-state index in [0.717, 1.165) is 10.4 Å². The molecule has 0 bridgehead atoms. The predicted octanol–water partition coefficient (Wildman–Crippen LogP) is 2.22. The Morgan fingerprint density at radius 3 is 1.82 bits per heavy atom. The zero-order valence-corrected chi connectivity index (χ0v) is 18.0. The van der Waals surface area contributed by atoms with Crippen LogP contribution in [0.5, 0.6) is 0 Å². The summed E-state index contributed by atoms with van der Waals surface area (Å²) >= 11 is 0. The lowest BCUT2D eigenvalue weighted by atomic mass is 9.87. The first-order chi connectivity index (χ1) is 13.3. The maximum absolute atomic E-state index is 11.8. The first-order valence-electron chi connectivity index (χ1n) is 9.55. The molecule has 1 unspecified atom stereocenters. The highest BCUT2D eigenvalue weighted by molar-refractivity contribution is 6.80. The molecule has 6 heteroatoms. The zero-order valence-electron chi connectivity index (χ0n) is 16.9. The van der Waals surface area contributed by atoms with Gasteiger partial charge in [0, 0.05) is 6.92 Å². The van der Waals surface area contributed by atoms with Crippen LogP contribution in [0.15, 0.2) is 60.7 Å². The maximum atomic E-state index is 11.8. The maximum Gasteiger partial charge on any atom is 0.356 e. The second kappa shape index (κ2) is 8.57. The first-order valence-corrected chi connectivity index (χ1v) is 11.2. The molecule has 0 saturated carbocycles. The molecule has 1 fully saturated rings. The fourth-order valence-corrected chi connectivity index (χ4v) is 6.12. The third kappa shape index (κ3) is 4.70. The summed E-state index contributed by atoms with van der Waals surface area (Å²) in [5, 5.41) is 2.28. The lowest BCUT2D eigenvalue weighted by molar-refractivity contribution is -0.360. The van der Waals surface area contributed by atoms with Crippen LogP contribution in [0.4, 0.5) is 0 Å². The van der Waals surface area contributed by atoms with E-state index in [2.05, 4.69) is 24.3 Å². The van der Waals surface area contributed by atoms with Gasteiger partial charge in [-0.2, -0.15) is 0 Å². The van der Waals surface area contributed by atoms with Crippen molar-refractivity contribution >= 4 is 25.4 Å². The quantitative estimate of drug-likeness (QED) is 0.550. The Hall–Kier alpha value is -1.99. The van der Waals surface area contributed by atoms with Crippen LogP contribution >= 0.6 is 0 Å². The highest BCUT2D eigenvalue weighted by Gasteiger charge is 2.55. The molecule has 5 nitrogen and oxygen atoms in total. The van der Waals surface area contributed by atoms with Crippen molar-refractivity contribution in [3.8, 4) is 0 Å². The Morgan fingerprint density at radius 1 is 0.964 bits per heavy atom. The number of hydrogen-bond donors (Lipinski definition) is 0. The minimum absolute atomic E-state index is 0.353. The molecular weight excluding hydrogens is 372 g/mol. The Kier molecular flexibility index (Phi) is 6.35. The fourth-order valence-electron chi connectivity index (χ4n) is 3.43. The molecule has 1 heterocycles. The van der Waals surface area contributed by atoms with Crippen LogP contribution in [-0.2, 0) is 23.4 Å². The minimum Gasteiger partial charge on any atom is -0.406 e. The third-order valence-corrected chi connectivity index (χ3v) is 7.09. The van der Waals surface area contributed by atoms with Crippen molar-refractivity contribution in [3.05, 3.63) is 60.7 Å². The molecule has 2 aromatic rings. The normalized spacial score (nSPS) is 17.5. The van der Waals surface area contributed by atoms with Crippen molar-refractivity contribution in [2.45, 2.75) is 39.8 Å². The van der Waals surface area contributed by atoms with Gasteiger partial charge in [0.05, 0.1) is 13.2 Å². The summed E-state index contributed by atoms with van der Waals surface area (Å²) in [6.07, 6.45) is -0.594. The van der Waals surface area contributed by atoms with Gasteiger partial charge in [-0.3, -0.25) is 4.79 Å². The Bertz CT molecular complexity index is 727. The number of carbonyl (C=O) groups is 1. The third-order valence-electron chi connectivity index (χ3n) is 4.56. The van der Waals surface area contributed by atoms with Gasteiger partial charge in [0.2, 0.25) is 9.04 Å². The van der Waals surface area contributed by atoms with E-state index in [-0.39, 0.29) is 0 Å². The molecule has 1 atom stereocenters.